The zero-order valence-electron chi connectivity index (χ0n) is 41.6. The largest absolute Gasteiger partial charge is 0.444 e. The van der Waals surface area contributed by atoms with Gasteiger partial charge in [0.2, 0.25) is 11.8 Å². The number of hydrogen-bond donors (Lipinski definition) is 3. The zero-order valence-corrected chi connectivity index (χ0v) is 42.4. The molecule has 10 rings (SSSR count). The minimum absolute atomic E-state index is 0. The average Bonchev–Trinajstić information content (AvgIpc) is 4.21. The molecular formula is C55H69ClN8O8. The number of hydrogen-bond acceptors (Lipinski definition) is 13. The summed E-state index contributed by atoms with van der Waals surface area (Å²) in [5, 5.41) is 9.94. The number of fused-ring (bicyclic) bond motifs is 2. The molecule has 0 aliphatic carbocycles. The summed E-state index contributed by atoms with van der Waals surface area (Å²) in [7, 11) is 0. The summed E-state index contributed by atoms with van der Waals surface area (Å²) in [6.07, 6.45) is 6.61. The van der Waals surface area contributed by atoms with Crippen LogP contribution in [0, 0.1) is 0 Å². The van der Waals surface area contributed by atoms with Gasteiger partial charge in [0, 0.05) is 44.3 Å². The number of amides is 3. The first-order chi connectivity index (χ1) is 34.5. The van der Waals surface area contributed by atoms with E-state index >= 15 is 0 Å². The number of oxazole rings is 2. The first kappa shape index (κ1) is 52.1. The second kappa shape index (κ2) is 24.5. The molecule has 3 N–H and O–H groups in total. The van der Waals surface area contributed by atoms with E-state index < -0.39 is 11.7 Å². The summed E-state index contributed by atoms with van der Waals surface area (Å²) >= 11 is 0. The van der Waals surface area contributed by atoms with Crippen molar-refractivity contribution >= 4 is 64.5 Å². The Bertz CT molecular complexity index is 2610. The summed E-state index contributed by atoms with van der Waals surface area (Å²) in [6, 6.07) is 35.8. The summed E-state index contributed by atoms with van der Waals surface area (Å²) in [5.41, 5.74) is 4.69. The SMILES string of the molecule is CC(C)(C)OC(=O)N1CC(NC(=O)[C@@H]2CCCCN2c2nc3ccccc3o2)C[C@H]1COCc1ccccc1.Cl.O=C(NC1CN[C@H](COCc2ccccc2)C1)[C@@H]1CCCCN1c1nc2ccccc2o1. The first-order valence-corrected chi connectivity index (χ1v) is 25.3. The van der Waals surface area contributed by atoms with Crippen LogP contribution in [0.25, 0.3) is 22.2 Å². The Morgan fingerprint density at radius 2 is 1.15 bits per heavy atom. The molecule has 6 heterocycles. The molecule has 4 aliphatic heterocycles. The molecule has 6 aromatic rings. The van der Waals surface area contributed by atoms with Crippen LogP contribution in [0.4, 0.5) is 16.8 Å². The molecule has 3 amide bonds. The molecule has 6 atom stereocenters. The molecule has 0 spiro atoms. The minimum Gasteiger partial charge on any atom is -0.444 e. The molecule has 0 bridgehead atoms. The predicted octanol–water partition coefficient (Wildman–Crippen LogP) is 8.57. The van der Waals surface area contributed by atoms with E-state index in [2.05, 4.69) is 38.1 Å². The molecule has 16 nitrogen and oxygen atoms in total. The van der Waals surface area contributed by atoms with Gasteiger partial charge in [-0.15, -0.1) is 12.4 Å². The van der Waals surface area contributed by atoms with Gasteiger partial charge < -0.3 is 53.7 Å². The van der Waals surface area contributed by atoms with Gasteiger partial charge in [0.15, 0.2) is 11.2 Å². The third kappa shape index (κ3) is 13.6. The standard InChI is InChI=1S/C30H38N4O5.C25H30N4O3.ClH/c1-30(2,3)39-29(36)34-18-22(17-23(34)20-37-19-21-11-5-4-6-12-21)31-27(35)25-14-9-10-16-33(25)28-32-24-13-7-8-15-26(24)38-28;30-24(27-19-14-20(26-15-19)17-31-16-18-8-2-1-3-9-18)22-11-6-7-13-29(22)25-28-21-10-4-5-12-23(21)32-25;/h4-8,11-13,15,22-23,25H,9-10,14,16-20H2,1-3H3,(H,31,35);1-5,8-10,12,19-20,22,26H,6-7,11,13-17H2,(H,27,30);1H/t22?,23-,25-;19?,20-,22-;/m00./s1. The molecule has 72 heavy (non-hydrogen) atoms. The third-order valence-corrected chi connectivity index (χ3v) is 13.5. The van der Waals surface area contributed by atoms with Crippen molar-refractivity contribution in [3.05, 3.63) is 120 Å². The van der Waals surface area contributed by atoms with E-state index in [1.54, 1.807) is 4.90 Å². The van der Waals surface area contributed by atoms with E-state index in [4.69, 9.17) is 23.0 Å². The summed E-state index contributed by atoms with van der Waals surface area (Å²) in [4.78, 5) is 54.8. The lowest BCUT2D eigenvalue weighted by Crippen LogP contribution is -2.52. The van der Waals surface area contributed by atoms with Gasteiger partial charge in [-0.05, 0) is 108 Å². The number of benzene rings is 4. The Hall–Kier alpha value is -6.20. The highest BCUT2D eigenvalue weighted by molar-refractivity contribution is 5.87. The van der Waals surface area contributed by atoms with Gasteiger partial charge in [-0.3, -0.25) is 9.59 Å². The number of nitrogens with zero attached hydrogens (tertiary/aromatic N) is 5. The monoisotopic (exact) mass is 1000 g/mol. The van der Waals surface area contributed by atoms with Crippen LogP contribution in [0.1, 0.15) is 83.3 Å². The molecule has 4 fully saturated rings. The molecule has 0 radical (unpaired) electrons. The fraction of sp³-hybridized carbons (Fsp3) is 0.473. The van der Waals surface area contributed by atoms with Gasteiger partial charge >= 0.3 is 6.09 Å². The van der Waals surface area contributed by atoms with Crippen molar-refractivity contribution in [1.29, 1.82) is 0 Å². The van der Waals surface area contributed by atoms with Gasteiger partial charge in [0.05, 0.1) is 32.5 Å². The van der Waals surface area contributed by atoms with Crippen LogP contribution in [-0.4, -0.2) is 114 Å². The quantitative estimate of drug-likeness (QED) is 0.0947. The zero-order chi connectivity index (χ0) is 49.2. The van der Waals surface area contributed by atoms with Crippen molar-refractivity contribution in [2.24, 2.45) is 0 Å². The highest BCUT2D eigenvalue weighted by Gasteiger charge is 2.41. The number of halogens is 1. The molecule has 4 saturated heterocycles. The number of ether oxygens (including phenoxy) is 3. The smallest absolute Gasteiger partial charge is 0.410 e. The van der Waals surface area contributed by atoms with Crippen LogP contribution < -0.4 is 25.8 Å². The van der Waals surface area contributed by atoms with Gasteiger partial charge in [-0.2, -0.15) is 9.97 Å². The third-order valence-electron chi connectivity index (χ3n) is 13.5. The van der Waals surface area contributed by atoms with Crippen LogP contribution in [-0.2, 0) is 37.0 Å². The Morgan fingerprint density at radius 3 is 1.68 bits per heavy atom. The molecule has 4 aliphatic rings. The highest BCUT2D eigenvalue weighted by Crippen LogP contribution is 2.31. The van der Waals surface area contributed by atoms with Crippen molar-refractivity contribution in [3.63, 3.8) is 0 Å². The lowest BCUT2D eigenvalue weighted by atomic mass is 10.0. The maximum absolute atomic E-state index is 13.6. The lowest BCUT2D eigenvalue weighted by Gasteiger charge is -2.34. The van der Waals surface area contributed by atoms with Crippen LogP contribution in [0.15, 0.2) is 118 Å². The van der Waals surface area contributed by atoms with Gasteiger partial charge in [0.1, 0.15) is 28.7 Å². The number of rotatable bonds is 14. The molecule has 0 saturated carbocycles. The van der Waals surface area contributed by atoms with Crippen molar-refractivity contribution in [2.45, 2.75) is 127 Å². The van der Waals surface area contributed by atoms with Crippen molar-refractivity contribution in [3.8, 4) is 0 Å². The lowest BCUT2D eigenvalue weighted by molar-refractivity contribution is -0.124. The Balaban J connectivity index is 0.000000193. The molecule has 4 aromatic carbocycles. The van der Waals surface area contributed by atoms with E-state index in [9.17, 15) is 14.4 Å². The van der Waals surface area contributed by atoms with E-state index in [1.165, 1.54) is 5.56 Å². The number of carbonyl (C=O) groups excluding carboxylic acids is 3. The molecular weight excluding hydrogens is 936 g/mol. The number of aromatic nitrogens is 2. The fourth-order valence-corrected chi connectivity index (χ4v) is 9.99. The van der Waals surface area contributed by atoms with E-state index in [1.807, 2.05) is 128 Å². The van der Waals surface area contributed by atoms with Crippen LogP contribution >= 0.6 is 12.4 Å². The number of para-hydroxylation sites is 4. The van der Waals surface area contributed by atoms with Crippen LogP contribution in [0.2, 0.25) is 0 Å². The van der Waals surface area contributed by atoms with Crippen molar-refractivity contribution < 1.29 is 37.4 Å². The summed E-state index contributed by atoms with van der Waals surface area (Å²) < 4.78 is 29.5. The second-order valence-corrected chi connectivity index (χ2v) is 20.1. The second-order valence-electron chi connectivity index (χ2n) is 20.1. The summed E-state index contributed by atoms with van der Waals surface area (Å²) in [5.74, 6) is -0.0124. The molecule has 384 valence electrons. The Morgan fingerprint density at radius 1 is 0.653 bits per heavy atom. The van der Waals surface area contributed by atoms with E-state index in [0.29, 0.717) is 63.6 Å². The Labute approximate surface area is 427 Å². The van der Waals surface area contributed by atoms with E-state index in [0.717, 1.165) is 80.2 Å². The van der Waals surface area contributed by atoms with E-state index in [-0.39, 0.29) is 60.5 Å². The molecule has 2 aromatic heterocycles. The topological polar surface area (TPSA) is 177 Å². The van der Waals surface area contributed by atoms with Gasteiger partial charge in [-0.1, -0.05) is 84.9 Å². The van der Waals surface area contributed by atoms with Gasteiger partial charge in [-0.25, -0.2) is 4.79 Å². The van der Waals surface area contributed by atoms with Crippen LogP contribution in [0.3, 0.4) is 0 Å². The van der Waals surface area contributed by atoms with Crippen LogP contribution in [0.5, 0.6) is 0 Å². The van der Waals surface area contributed by atoms with Crippen molar-refractivity contribution in [2.75, 3.05) is 49.2 Å². The average molecular weight is 1010 g/mol. The maximum atomic E-state index is 13.6. The normalized spacial score (nSPS) is 22.2. The number of nitrogens with one attached hydrogen (secondary N) is 3. The fourth-order valence-electron chi connectivity index (χ4n) is 9.99. The predicted molar refractivity (Wildman–Crippen MR) is 279 cm³/mol. The molecule has 2 unspecified atom stereocenters. The number of anilines is 2. The minimum atomic E-state index is -0.615. The molecule has 17 heteroatoms. The first-order valence-electron chi connectivity index (χ1n) is 25.3. The number of piperidine rings is 2. The van der Waals surface area contributed by atoms with Crippen molar-refractivity contribution in [1.82, 2.24) is 30.8 Å². The summed E-state index contributed by atoms with van der Waals surface area (Å²) in [6.45, 7) is 10.2. The number of carbonyl (C=O) groups is 3. The maximum Gasteiger partial charge on any atom is 0.410 e. The van der Waals surface area contributed by atoms with Gasteiger partial charge in [0.25, 0.3) is 12.0 Å². The number of likely N-dealkylation sites (tertiary alicyclic amines) is 1. The Kier molecular flexibility index (Phi) is 17.7. The highest BCUT2D eigenvalue weighted by atomic mass is 35.5.